The van der Waals surface area contributed by atoms with Crippen molar-refractivity contribution in [2.24, 2.45) is 11.7 Å². The van der Waals surface area contributed by atoms with Gasteiger partial charge in [-0.2, -0.15) is 0 Å². The molecular weight excluding hydrogens is 222 g/mol. The van der Waals surface area contributed by atoms with E-state index in [2.05, 4.69) is 58.9 Å². The highest BCUT2D eigenvalue weighted by Crippen LogP contribution is 2.26. The van der Waals surface area contributed by atoms with Crippen LogP contribution in [-0.4, -0.2) is 13.2 Å². The average molecular weight is 249 g/mol. The third kappa shape index (κ3) is 3.56. The van der Waals surface area contributed by atoms with E-state index < -0.39 is 0 Å². The predicted molar refractivity (Wildman–Crippen MR) is 77.7 cm³/mol. The lowest BCUT2D eigenvalue weighted by atomic mass is 9.85. The van der Waals surface area contributed by atoms with Crippen molar-refractivity contribution >= 4 is 0 Å². The van der Waals surface area contributed by atoms with Crippen LogP contribution in [0.5, 0.6) is 0 Å². The smallest absolute Gasteiger partial charge is 0.0786 e. The van der Waals surface area contributed by atoms with Crippen LogP contribution in [0.4, 0.5) is 0 Å². The molecule has 2 heteroatoms. The van der Waals surface area contributed by atoms with Gasteiger partial charge in [0, 0.05) is 7.11 Å². The van der Waals surface area contributed by atoms with Gasteiger partial charge in [-0.3, -0.25) is 0 Å². The molecule has 2 unspecified atom stereocenters. The molecule has 0 aliphatic carbocycles. The molecular formula is C16H27NO. The van der Waals surface area contributed by atoms with Crippen molar-refractivity contribution in [2.75, 3.05) is 7.11 Å². The van der Waals surface area contributed by atoms with Gasteiger partial charge in [0.2, 0.25) is 0 Å². The van der Waals surface area contributed by atoms with Crippen molar-refractivity contribution in [1.82, 2.24) is 0 Å². The molecule has 2 N–H and O–H groups in total. The summed E-state index contributed by atoms with van der Waals surface area (Å²) in [7, 11) is 1.73. The highest BCUT2D eigenvalue weighted by Gasteiger charge is 2.23. The summed E-state index contributed by atoms with van der Waals surface area (Å²) < 4.78 is 5.50. The Morgan fingerprint density at radius 2 is 1.56 bits per heavy atom. The van der Waals surface area contributed by atoms with Crippen molar-refractivity contribution in [3.63, 3.8) is 0 Å². The van der Waals surface area contributed by atoms with E-state index in [1.165, 1.54) is 5.56 Å². The van der Waals surface area contributed by atoms with Gasteiger partial charge in [-0.05, 0) is 22.5 Å². The molecule has 0 aliphatic rings. The molecule has 1 aromatic carbocycles. The molecule has 0 bridgehead atoms. The van der Waals surface area contributed by atoms with Gasteiger partial charge in [0.15, 0.2) is 0 Å². The Kier molecular flexibility index (Phi) is 4.94. The van der Waals surface area contributed by atoms with Gasteiger partial charge >= 0.3 is 0 Å². The monoisotopic (exact) mass is 249 g/mol. The lowest BCUT2D eigenvalue weighted by Crippen LogP contribution is -2.32. The number of nitrogens with two attached hydrogens (primary N) is 1. The second-order valence-corrected chi connectivity index (χ2v) is 6.34. The number of methoxy groups -OCH3 is 1. The van der Waals surface area contributed by atoms with Gasteiger partial charge in [-0.25, -0.2) is 0 Å². The molecule has 0 saturated carbocycles. The summed E-state index contributed by atoms with van der Waals surface area (Å²) in [6, 6.07) is 8.52. The Bertz CT molecular complexity index is 362. The fraction of sp³-hybridized carbons (Fsp3) is 0.625. The Morgan fingerprint density at radius 1 is 1.06 bits per heavy atom. The summed E-state index contributed by atoms with van der Waals surface area (Å²) in [5, 5.41) is 0. The van der Waals surface area contributed by atoms with Crippen LogP contribution < -0.4 is 5.73 Å². The van der Waals surface area contributed by atoms with E-state index in [1.54, 1.807) is 7.11 Å². The van der Waals surface area contributed by atoms with Crippen LogP contribution >= 0.6 is 0 Å². The van der Waals surface area contributed by atoms with Crippen molar-refractivity contribution in [3.05, 3.63) is 35.4 Å². The van der Waals surface area contributed by atoms with Gasteiger partial charge < -0.3 is 10.5 Å². The maximum Gasteiger partial charge on any atom is 0.0786 e. The lowest BCUT2D eigenvalue weighted by Gasteiger charge is -2.27. The predicted octanol–water partition coefficient (Wildman–Crippen LogP) is 3.65. The van der Waals surface area contributed by atoms with Gasteiger partial charge in [0.05, 0.1) is 12.1 Å². The molecule has 0 heterocycles. The van der Waals surface area contributed by atoms with Gasteiger partial charge in [0.25, 0.3) is 0 Å². The summed E-state index contributed by atoms with van der Waals surface area (Å²) in [5.74, 6) is 0.410. The van der Waals surface area contributed by atoms with E-state index in [-0.39, 0.29) is 17.6 Å². The van der Waals surface area contributed by atoms with Crippen LogP contribution in [-0.2, 0) is 10.2 Å². The summed E-state index contributed by atoms with van der Waals surface area (Å²) in [4.78, 5) is 0. The largest absolute Gasteiger partial charge is 0.379 e. The van der Waals surface area contributed by atoms with E-state index in [4.69, 9.17) is 10.5 Å². The first kappa shape index (κ1) is 15.2. The third-order valence-electron chi connectivity index (χ3n) is 3.44. The zero-order valence-corrected chi connectivity index (χ0v) is 12.5. The van der Waals surface area contributed by atoms with Crippen LogP contribution in [0.2, 0.25) is 0 Å². The maximum atomic E-state index is 6.28. The first-order valence-electron chi connectivity index (χ1n) is 6.66. The highest BCUT2D eigenvalue weighted by molar-refractivity contribution is 5.29. The second-order valence-electron chi connectivity index (χ2n) is 6.34. The van der Waals surface area contributed by atoms with Crippen LogP contribution in [0, 0.1) is 5.92 Å². The number of ether oxygens (including phenoxy) is 1. The number of rotatable bonds is 4. The van der Waals surface area contributed by atoms with E-state index >= 15 is 0 Å². The van der Waals surface area contributed by atoms with Crippen LogP contribution in [0.1, 0.15) is 51.8 Å². The summed E-state index contributed by atoms with van der Waals surface area (Å²) in [6.07, 6.45) is 0.0606. The molecule has 0 aliphatic heterocycles. The van der Waals surface area contributed by atoms with Crippen molar-refractivity contribution in [3.8, 4) is 0 Å². The Morgan fingerprint density at radius 3 is 1.89 bits per heavy atom. The van der Waals surface area contributed by atoms with E-state index in [0.717, 1.165) is 5.56 Å². The fourth-order valence-corrected chi connectivity index (χ4v) is 2.23. The maximum absolute atomic E-state index is 6.28. The van der Waals surface area contributed by atoms with Gasteiger partial charge in [0.1, 0.15) is 0 Å². The van der Waals surface area contributed by atoms with Gasteiger partial charge in [-0.15, -0.1) is 0 Å². The molecule has 0 amide bonds. The summed E-state index contributed by atoms with van der Waals surface area (Å²) >= 11 is 0. The Hall–Kier alpha value is -0.860. The van der Waals surface area contributed by atoms with Crippen LogP contribution in [0.15, 0.2) is 24.3 Å². The normalized spacial score (nSPS) is 15.8. The van der Waals surface area contributed by atoms with Crippen molar-refractivity contribution in [1.29, 1.82) is 0 Å². The van der Waals surface area contributed by atoms with E-state index in [0.29, 0.717) is 5.92 Å². The molecule has 0 aromatic heterocycles. The summed E-state index contributed by atoms with van der Waals surface area (Å²) in [5.41, 5.74) is 8.94. The SMILES string of the molecule is COC(C(C)C)C(N)c1ccc(C(C)(C)C)cc1. The minimum absolute atomic E-state index is 0.0606. The van der Waals surface area contributed by atoms with Crippen LogP contribution in [0.25, 0.3) is 0 Å². The molecule has 0 radical (unpaired) electrons. The molecule has 102 valence electrons. The molecule has 1 aromatic rings. The van der Waals surface area contributed by atoms with Gasteiger partial charge in [-0.1, -0.05) is 58.9 Å². The first-order valence-corrected chi connectivity index (χ1v) is 6.66. The quantitative estimate of drug-likeness (QED) is 0.884. The first-order chi connectivity index (χ1) is 8.27. The fourth-order valence-electron chi connectivity index (χ4n) is 2.23. The molecule has 0 spiro atoms. The molecule has 18 heavy (non-hydrogen) atoms. The zero-order valence-electron chi connectivity index (χ0n) is 12.5. The molecule has 0 saturated heterocycles. The number of hydrogen-bond acceptors (Lipinski definition) is 2. The topological polar surface area (TPSA) is 35.2 Å². The average Bonchev–Trinajstić information content (AvgIpc) is 2.28. The molecule has 2 nitrogen and oxygen atoms in total. The molecule has 2 atom stereocenters. The molecule has 1 rings (SSSR count). The highest BCUT2D eigenvalue weighted by atomic mass is 16.5. The van der Waals surface area contributed by atoms with E-state index in [9.17, 15) is 0 Å². The minimum Gasteiger partial charge on any atom is -0.379 e. The van der Waals surface area contributed by atoms with E-state index in [1.807, 2.05) is 0 Å². The Labute approximate surface area is 112 Å². The molecule has 0 fully saturated rings. The lowest BCUT2D eigenvalue weighted by molar-refractivity contribution is 0.0437. The Balaban J connectivity index is 2.91. The van der Waals surface area contributed by atoms with Crippen LogP contribution in [0.3, 0.4) is 0 Å². The zero-order chi connectivity index (χ0) is 13.9. The van der Waals surface area contributed by atoms with Crippen molar-refractivity contribution in [2.45, 2.75) is 52.2 Å². The second kappa shape index (κ2) is 5.85. The standard InChI is InChI=1S/C16H27NO/c1-11(2)15(18-6)14(17)12-7-9-13(10-8-12)16(3,4)5/h7-11,14-15H,17H2,1-6H3. The third-order valence-corrected chi connectivity index (χ3v) is 3.44. The number of hydrogen-bond donors (Lipinski definition) is 1. The van der Waals surface area contributed by atoms with Crippen molar-refractivity contribution < 1.29 is 4.74 Å². The number of benzene rings is 1. The minimum atomic E-state index is -0.0657. The summed E-state index contributed by atoms with van der Waals surface area (Å²) in [6.45, 7) is 10.9.